The lowest BCUT2D eigenvalue weighted by Gasteiger charge is -2.15. The lowest BCUT2D eigenvalue weighted by atomic mass is 10.1. The summed E-state index contributed by atoms with van der Waals surface area (Å²) in [4.78, 5) is 25.1. The molecule has 0 bridgehead atoms. The second-order valence-electron chi connectivity index (χ2n) is 10.6. The number of para-hydroxylation sites is 1. The van der Waals surface area contributed by atoms with Crippen LogP contribution in [-0.4, -0.2) is 36.3 Å². The summed E-state index contributed by atoms with van der Waals surface area (Å²) in [7, 11) is 1.51. The number of allylic oxidation sites excluding steroid dienone is 1. The van der Waals surface area contributed by atoms with E-state index in [-0.39, 0.29) is 24.9 Å². The van der Waals surface area contributed by atoms with Gasteiger partial charge in [0.1, 0.15) is 18.1 Å². The van der Waals surface area contributed by atoms with Crippen LogP contribution in [0.2, 0.25) is 0 Å². The fourth-order valence-electron chi connectivity index (χ4n) is 4.96. The third-order valence-electron chi connectivity index (χ3n) is 7.16. The number of benzene rings is 3. The molecule has 0 atom stereocenters. The molecule has 5 rings (SSSR count). The summed E-state index contributed by atoms with van der Waals surface area (Å²) in [5, 5.41) is 6.87. The van der Waals surface area contributed by atoms with E-state index in [2.05, 4.69) is 53.0 Å². The highest BCUT2D eigenvalue weighted by atomic mass is 16.5. The van der Waals surface area contributed by atoms with Gasteiger partial charge >= 0.3 is 5.91 Å². The van der Waals surface area contributed by atoms with Crippen LogP contribution in [-0.2, 0) is 17.8 Å². The van der Waals surface area contributed by atoms with Crippen molar-refractivity contribution in [1.82, 2.24) is 9.99 Å². The number of carbonyl (C=O) groups is 2. The number of amides is 2. The monoisotopic (exact) mass is 632 g/mol. The number of hydrogen-bond donors (Lipinski definition) is 2. The van der Waals surface area contributed by atoms with Gasteiger partial charge in [0.2, 0.25) is 0 Å². The van der Waals surface area contributed by atoms with Crippen LogP contribution in [0.15, 0.2) is 113 Å². The van der Waals surface area contributed by atoms with E-state index in [4.69, 9.17) is 18.6 Å². The molecule has 47 heavy (non-hydrogen) atoms. The molecule has 0 aliphatic rings. The van der Waals surface area contributed by atoms with Gasteiger partial charge in [0.25, 0.3) is 5.91 Å². The van der Waals surface area contributed by atoms with Crippen molar-refractivity contribution in [2.24, 2.45) is 5.10 Å². The smallest absolute Gasteiger partial charge is 0.307 e. The van der Waals surface area contributed by atoms with E-state index in [0.717, 1.165) is 22.6 Å². The summed E-state index contributed by atoms with van der Waals surface area (Å²) < 4.78 is 25.1. The van der Waals surface area contributed by atoms with E-state index in [1.165, 1.54) is 13.3 Å². The number of nitrogens with one attached hydrogen (secondary N) is 2. The zero-order chi connectivity index (χ0) is 33.2. The Labute approximate surface area is 273 Å². The molecule has 5 aromatic rings. The molecule has 0 radical (unpaired) electrons. The average Bonchev–Trinajstić information content (AvgIpc) is 3.69. The number of furan rings is 1. The van der Waals surface area contributed by atoms with Crippen molar-refractivity contribution < 1.29 is 28.2 Å². The molecule has 0 fully saturated rings. The van der Waals surface area contributed by atoms with Crippen LogP contribution in [0.1, 0.15) is 38.8 Å². The van der Waals surface area contributed by atoms with Crippen molar-refractivity contribution in [3.8, 4) is 22.9 Å². The Morgan fingerprint density at radius 1 is 0.936 bits per heavy atom. The van der Waals surface area contributed by atoms with Crippen LogP contribution >= 0.6 is 0 Å². The van der Waals surface area contributed by atoms with Gasteiger partial charge in [-0.25, -0.2) is 5.43 Å². The van der Waals surface area contributed by atoms with E-state index in [9.17, 15) is 9.59 Å². The Morgan fingerprint density at radius 2 is 1.68 bits per heavy atom. The highest BCUT2D eigenvalue weighted by molar-refractivity contribution is 5.93. The predicted molar refractivity (Wildman–Crippen MR) is 181 cm³/mol. The van der Waals surface area contributed by atoms with Gasteiger partial charge < -0.3 is 28.5 Å². The number of aryl methyl sites for hydroxylation is 2. The number of anilines is 1. The standard InChI is InChI=1S/C37H36N4O6/c1-5-9-28-20-27(21-34(44-4)36(28)46-24-35(42)39-29-10-7-6-8-11-29)22-38-40-37(43)33-19-18-32(47-33)23-45-31-16-14-30(15-17-31)41-25(2)12-13-26(41)3/h5-8,10-22H,1,9,23-24H2,2-4H3,(H,39,42)(H,40,43)/b38-22+. The maximum absolute atomic E-state index is 12.7. The molecule has 0 saturated carbocycles. The normalized spacial score (nSPS) is 10.9. The predicted octanol–water partition coefficient (Wildman–Crippen LogP) is 6.78. The molecule has 0 aliphatic carbocycles. The summed E-state index contributed by atoms with van der Waals surface area (Å²) in [6, 6.07) is 27.8. The summed E-state index contributed by atoms with van der Waals surface area (Å²) in [6.07, 6.45) is 3.65. The molecule has 0 aliphatic heterocycles. The van der Waals surface area contributed by atoms with Gasteiger partial charge in [0, 0.05) is 28.3 Å². The number of methoxy groups -OCH3 is 1. The minimum absolute atomic E-state index is 0.0945. The minimum atomic E-state index is -0.517. The molecule has 0 unspecified atom stereocenters. The molecular weight excluding hydrogens is 596 g/mol. The maximum Gasteiger partial charge on any atom is 0.307 e. The minimum Gasteiger partial charge on any atom is -0.493 e. The molecule has 2 amide bonds. The molecule has 0 saturated heterocycles. The lowest BCUT2D eigenvalue weighted by Crippen LogP contribution is -2.20. The summed E-state index contributed by atoms with van der Waals surface area (Å²) in [5.74, 6) is 1.27. The zero-order valence-corrected chi connectivity index (χ0v) is 26.5. The molecule has 0 spiro atoms. The Hall–Kier alpha value is -6.03. The number of nitrogens with zero attached hydrogens (tertiary/aromatic N) is 2. The fraction of sp³-hybridized carbons (Fsp3) is 0.162. The van der Waals surface area contributed by atoms with Crippen LogP contribution < -0.4 is 25.0 Å². The highest BCUT2D eigenvalue weighted by Crippen LogP contribution is 2.33. The third kappa shape index (κ3) is 8.37. The fourth-order valence-corrected chi connectivity index (χ4v) is 4.96. The van der Waals surface area contributed by atoms with Gasteiger partial charge in [-0.05, 0) is 98.6 Å². The van der Waals surface area contributed by atoms with Crippen molar-refractivity contribution >= 4 is 23.7 Å². The summed E-state index contributed by atoms with van der Waals surface area (Å²) in [5.41, 5.74) is 7.89. The first-order valence-electron chi connectivity index (χ1n) is 14.9. The van der Waals surface area contributed by atoms with Crippen LogP contribution in [0, 0.1) is 13.8 Å². The van der Waals surface area contributed by atoms with Gasteiger partial charge in [0.15, 0.2) is 23.9 Å². The van der Waals surface area contributed by atoms with Gasteiger partial charge in [0.05, 0.1) is 13.3 Å². The van der Waals surface area contributed by atoms with Crippen molar-refractivity contribution in [1.29, 1.82) is 0 Å². The van der Waals surface area contributed by atoms with Crippen LogP contribution in [0.5, 0.6) is 17.2 Å². The van der Waals surface area contributed by atoms with Crippen molar-refractivity contribution in [2.75, 3.05) is 19.0 Å². The second-order valence-corrected chi connectivity index (χ2v) is 10.6. The Bertz CT molecular complexity index is 1850. The number of ether oxygens (including phenoxy) is 3. The molecule has 10 heteroatoms. The van der Waals surface area contributed by atoms with E-state index in [0.29, 0.717) is 40.7 Å². The van der Waals surface area contributed by atoms with Crippen LogP contribution in [0.4, 0.5) is 5.69 Å². The third-order valence-corrected chi connectivity index (χ3v) is 7.16. The number of aromatic nitrogens is 1. The first kappa shape index (κ1) is 32.4. The number of hydrogen-bond acceptors (Lipinski definition) is 7. The highest BCUT2D eigenvalue weighted by Gasteiger charge is 2.15. The quantitative estimate of drug-likeness (QED) is 0.0792. The van der Waals surface area contributed by atoms with Gasteiger partial charge in [-0.3, -0.25) is 9.59 Å². The molecule has 2 N–H and O–H groups in total. The van der Waals surface area contributed by atoms with E-state index in [1.807, 2.05) is 48.5 Å². The summed E-state index contributed by atoms with van der Waals surface area (Å²) >= 11 is 0. The molecule has 240 valence electrons. The second kappa shape index (κ2) is 15.3. The zero-order valence-electron chi connectivity index (χ0n) is 26.5. The first-order chi connectivity index (χ1) is 22.8. The van der Waals surface area contributed by atoms with E-state index >= 15 is 0 Å². The van der Waals surface area contributed by atoms with Crippen LogP contribution in [0.25, 0.3) is 5.69 Å². The SMILES string of the molecule is C=CCc1cc(/C=N/NC(=O)c2ccc(COc3ccc(-n4c(C)ccc4C)cc3)o2)cc(OC)c1OCC(=O)Nc1ccccc1. The lowest BCUT2D eigenvalue weighted by molar-refractivity contribution is -0.118. The molecular formula is C37H36N4O6. The first-order valence-corrected chi connectivity index (χ1v) is 14.9. The largest absolute Gasteiger partial charge is 0.493 e. The number of carbonyl (C=O) groups excluding carboxylic acids is 2. The maximum atomic E-state index is 12.7. The summed E-state index contributed by atoms with van der Waals surface area (Å²) in [6.45, 7) is 7.89. The molecule has 2 aromatic heterocycles. The van der Waals surface area contributed by atoms with Crippen molar-refractivity contribution in [2.45, 2.75) is 26.9 Å². The topological polar surface area (TPSA) is 116 Å². The van der Waals surface area contributed by atoms with E-state index in [1.54, 1.807) is 36.4 Å². The molecule has 10 nitrogen and oxygen atoms in total. The van der Waals surface area contributed by atoms with E-state index < -0.39 is 5.91 Å². The van der Waals surface area contributed by atoms with Gasteiger partial charge in [-0.1, -0.05) is 24.3 Å². The Kier molecular flexibility index (Phi) is 10.5. The Morgan fingerprint density at radius 3 is 2.38 bits per heavy atom. The Balaban J connectivity index is 1.16. The van der Waals surface area contributed by atoms with Crippen molar-refractivity contribution in [3.05, 3.63) is 138 Å². The van der Waals surface area contributed by atoms with Gasteiger partial charge in [-0.2, -0.15) is 5.10 Å². The molecule has 2 heterocycles. The molecule has 3 aromatic carbocycles. The number of rotatable bonds is 14. The number of hydrazone groups is 1. The average molecular weight is 633 g/mol. The van der Waals surface area contributed by atoms with Gasteiger partial charge in [-0.15, -0.1) is 6.58 Å². The van der Waals surface area contributed by atoms with Crippen LogP contribution in [0.3, 0.4) is 0 Å². The van der Waals surface area contributed by atoms with Crippen molar-refractivity contribution in [3.63, 3.8) is 0 Å².